The molecule has 1 N–H and O–H groups in total. The van der Waals surface area contributed by atoms with Crippen LogP contribution in [0.1, 0.15) is 40.4 Å². The highest BCUT2D eigenvalue weighted by molar-refractivity contribution is 5.94. The van der Waals surface area contributed by atoms with Gasteiger partial charge in [0.15, 0.2) is 0 Å². The first-order valence-electron chi connectivity index (χ1n) is 10.6. The van der Waals surface area contributed by atoms with Crippen LogP contribution in [0.25, 0.3) is 0 Å². The van der Waals surface area contributed by atoms with Gasteiger partial charge in [-0.2, -0.15) is 0 Å². The van der Waals surface area contributed by atoms with E-state index in [4.69, 9.17) is 4.74 Å². The highest BCUT2D eigenvalue weighted by atomic mass is 16.5. The number of para-hydroxylation sites is 1. The second-order valence-corrected chi connectivity index (χ2v) is 8.21. The molecule has 1 fully saturated rings. The third-order valence-corrected chi connectivity index (χ3v) is 6.35. The molecule has 1 saturated heterocycles. The molecule has 0 bridgehead atoms. The van der Waals surface area contributed by atoms with Crippen molar-refractivity contribution in [3.63, 3.8) is 0 Å². The van der Waals surface area contributed by atoms with Crippen LogP contribution in [0.2, 0.25) is 0 Å². The molecule has 5 heteroatoms. The first-order chi connectivity index (χ1) is 15.1. The molecule has 156 valence electrons. The van der Waals surface area contributed by atoms with Crippen molar-refractivity contribution in [3.05, 3.63) is 95.6 Å². The Morgan fingerprint density at radius 1 is 0.839 bits per heavy atom. The minimum Gasteiger partial charge on any atom is -0.457 e. The summed E-state index contributed by atoms with van der Waals surface area (Å²) in [7, 11) is 0. The van der Waals surface area contributed by atoms with Crippen molar-refractivity contribution in [2.75, 3.05) is 13.1 Å². The summed E-state index contributed by atoms with van der Waals surface area (Å²) in [6, 6.07) is 24.9. The van der Waals surface area contributed by atoms with E-state index < -0.39 is 0 Å². The SMILES string of the molecule is CC(=O)N1C[C@@H]2[C@H](NC(=O)c3ccc(Oc4ccccc4)cc3)c3ccccc3[C@@H]2C1. The summed E-state index contributed by atoms with van der Waals surface area (Å²) < 4.78 is 5.81. The zero-order valence-electron chi connectivity index (χ0n) is 17.3. The lowest BCUT2D eigenvalue weighted by Crippen LogP contribution is -2.34. The average Bonchev–Trinajstić information content (AvgIpc) is 3.34. The summed E-state index contributed by atoms with van der Waals surface area (Å²) in [4.78, 5) is 26.9. The summed E-state index contributed by atoms with van der Waals surface area (Å²) in [5, 5.41) is 3.23. The lowest BCUT2D eigenvalue weighted by Gasteiger charge is -2.22. The third kappa shape index (κ3) is 3.67. The predicted octanol–water partition coefficient (Wildman–Crippen LogP) is 4.53. The second kappa shape index (κ2) is 7.91. The van der Waals surface area contributed by atoms with E-state index >= 15 is 0 Å². The van der Waals surface area contributed by atoms with Crippen LogP contribution in [0.15, 0.2) is 78.9 Å². The molecule has 0 unspecified atom stereocenters. The van der Waals surface area contributed by atoms with E-state index in [1.807, 2.05) is 47.4 Å². The molecule has 2 aliphatic rings. The van der Waals surface area contributed by atoms with Crippen LogP contribution < -0.4 is 10.1 Å². The van der Waals surface area contributed by atoms with Gasteiger partial charge in [0.1, 0.15) is 11.5 Å². The fourth-order valence-corrected chi connectivity index (χ4v) is 4.82. The van der Waals surface area contributed by atoms with E-state index in [1.165, 1.54) is 5.56 Å². The first kappa shape index (κ1) is 19.4. The fourth-order valence-electron chi connectivity index (χ4n) is 4.82. The zero-order valence-corrected chi connectivity index (χ0v) is 17.3. The number of benzene rings is 3. The molecule has 5 nitrogen and oxygen atoms in total. The van der Waals surface area contributed by atoms with Gasteiger partial charge in [-0.3, -0.25) is 9.59 Å². The number of ether oxygens (including phenoxy) is 1. The number of carbonyl (C=O) groups excluding carboxylic acids is 2. The molecule has 0 radical (unpaired) electrons. The van der Waals surface area contributed by atoms with Gasteiger partial charge in [-0.15, -0.1) is 0 Å². The number of nitrogens with one attached hydrogen (secondary N) is 1. The van der Waals surface area contributed by atoms with Crippen molar-refractivity contribution in [3.8, 4) is 11.5 Å². The van der Waals surface area contributed by atoms with E-state index in [0.717, 1.165) is 17.9 Å². The Balaban J connectivity index is 1.33. The molecule has 1 aliphatic carbocycles. The summed E-state index contributed by atoms with van der Waals surface area (Å²) in [6.45, 7) is 3.00. The highest BCUT2D eigenvalue weighted by Crippen LogP contribution is 2.49. The molecular formula is C26H24N2O3. The molecule has 3 aromatic carbocycles. The minimum atomic E-state index is -0.118. The van der Waals surface area contributed by atoms with E-state index in [9.17, 15) is 9.59 Å². The Morgan fingerprint density at radius 2 is 1.48 bits per heavy atom. The highest BCUT2D eigenvalue weighted by Gasteiger charge is 2.47. The normalized spacial score (nSPS) is 21.3. The van der Waals surface area contributed by atoms with E-state index in [-0.39, 0.29) is 29.7 Å². The van der Waals surface area contributed by atoms with Crippen LogP contribution in [-0.4, -0.2) is 29.8 Å². The molecule has 1 aliphatic heterocycles. The van der Waals surface area contributed by atoms with Crippen molar-refractivity contribution in [1.82, 2.24) is 10.2 Å². The molecule has 5 rings (SSSR count). The van der Waals surface area contributed by atoms with Crippen LogP contribution in [-0.2, 0) is 4.79 Å². The molecule has 1 heterocycles. The average molecular weight is 412 g/mol. The van der Waals surface area contributed by atoms with Crippen LogP contribution >= 0.6 is 0 Å². The molecule has 3 atom stereocenters. The van der Waals surface area contributed by atoms with Crippen molar-refractivity contribution >= 4 is 11.8 Å². The lowest BCUT2D eigenvalue weighted by molar-refractivity contribution is -0.128. The van der Waals surface area contributed by atoms with Gasteiger partial charge in [0.2, 0.25) is 5.91 Å². The monoisotopic (exact) mass is 412 g/mol. The molecular weight excluding hydrogens is 388 g/mol. The maximum atomic E-state index is 13.1. The van der Waals surface area contributed by atoms with Crippen molar-refractivity contribution in [1.29, 1.82) is 0 Å². The largest absolute Gasteiger partial charge is 0.457 e. The maximum Gasteiger partial charge on any atom is 0.251 e. The number of hydrogen-bond donors (Lipinski definition) is 1. The van der Waals surface area contributed by atoms with Gasteiger partial charge in [-0.05, 0) is 47.5 Å². The molecule has 0 spiro atoms. The Kier molecular flexibility index (Phi) is 4.94. The minimum absolute atomic E-state index is 0.0889. The van der Waals surface area contributed by atoms with Crippen LogP contribution in [0.3, 0.4) is 0 Å². The van der Waals surface area contributed by atoms with Gasteiger partial charge in [0.25, 0.3) is 5.91 Å². The third-order valence-electron chi connectivity index (χ3n) is 6.35. The van der Waals surface area contributed by atoms with Gasteiger partial charge in [0, 0.05) is 37.4 Å². The number of likely N-dealkylation sites (tertiary alicyclic amines) is 1. The quantitative estimate of drug-likeness (QED) is 0.685. The first-order valence-corrected chi connectivity index (χ1v) is 10.6. The number of nitrogens with zero attached hydrogens (tertiary/aromatic N) is 1. The Labute approximate surface area is 181 Å². The molecule has 3 aromatic rings. The maximum absolute atomic E-state index is 13.1. The number of hydrogen-bond acceptors (Lipinski definition) is 3. The van der Waals surface area contributed by atoms with Gasteiger partial charge < -0.3 is 15.0 Å². The van der Waals surface area contributed by atoms with Crippen molar-refractivity contribution < 1.29 is 14.3 Å². The molecule has 31 heavy (non-hydrogen) atoms. The van der Waals surface area contributed by atoms with Gasteiger partial charge in [-0.1, -0.05) is 42.5 Å². The van der Waals surface area contributed by atoms with E-state index in [0.29, 0.717) is 17.9 Å². The number of amides is 2. The topological polar surface area (TPSA) is 58.6 Å². The van der Waals surface area contributed by atoms with Gasteiger partial charge >= 0.3 is 0 Å². The summed E-state index contributed by atoms with van der Waals surface area (Å²) in [5.41, 5.74) is 2.99. The number of carbonyl (C=O) groups is 2. The number of rotatable bonds is 4. The molecule has 2 amide bonds. The van der Waals surface area contributed by atoms with Crippen LogP contribution in [0, 0.1) is 5.92 Å². The number of fused-ring (bicyclic) bond motifs is 3. The Bertz CT molecular complexity index is 1110. The second-order valence-electron chi connectivity index (χ2n) is 8.21. The summed E-state index contributed by atoms with van der Waals surface area (Å²) in [6.07, 6.45) is 0. The van der Waals surface area contributed by atoms with Crippen LogP contribution in [0.4, 0.5) is 0 Å². The lowest BCUT2D eigenvalue weighted by atomic mass is 9.94. The Morgan fingerprint density at radius 3 is 2.19 bits per heavy atom. The fraction of sp³-hybridized carbons (Fsp3) is 0.231. The summed E-state index contributed by atoms with van der Waals surface area (Å²) in [5.74, 6) is 1.88. The zero-order chi connectivity index (χ0) is 21.4. The summed E-state index contributed by atoms with van der Waals surface area (Å²) >= 11 is 0. The van der Waals surface area contributed by atoms with Gasteiger partial charge in [0.05, 0.1) is 6.04 Å². The smallest absolute Gasteiger partial charge is 0.251 e. The Hall–Kier alpha value is -3.60. The molecule has 0 saturated carbocycles. The standard InChI is InChI=1S/C26H24N2O3/c1-17(29)28-15-23-21-9-5-6-10-22(21)25(24(23)16-28)27-26(30)18-11-13-20(14-12-18)31-19-7-3-2-4-8-19/h2-14,23-25H,15-16H2,1H3,(H,27,30)/t23-,24-,25+/m0/s1. The molecule has 0 aromatic heterocycles. The van der Waals surface area contributed by atoms with E-state index in [1.54, 1.807) is 31.2 Å². The predicted molar refractivity (Wildman–Crippen MR) is 118 cm³/mol. The van der Waals surface area contributed by atoms with E-state index in [2.05, 4.69) is 17.4 Å². The van der Waals surface area contributed by atoms with Crippen molar-refractivity contribution in [2.45, 2.75) is 18.9 Å². The van der Waals surface area contributed by atoms with Crippen LogP contribution in [0.5, 0.6) is 11.5 Å². The van der Waals surface area contributed by atoms with Crippen molar-refractivity contribution in [2.24, 2.45) is 5.92 Å². The van der Waals surface area contributed by atoms with Gasteiger partial charge in [-0.25, -0.2) is 0 Å².